The minimum atomic E-state index is -0.669. The van der Waals surface area contributed by atoms with E-state index in [0.29, 0.717) is 11.6 Å². The van der Waals surface area contributed by atoms with E-state index in [2.05, 4.69) is 23.8 Å². The molecule has 5 rings (SSSR count). The number of aryl methyl sites for hydroxylation is 2. The number of hydrogen-bond donors (Lipinski definition) is 3. The summed E-state index contributed by atoms with van der Waals surface area (Å²) in [6, 6.07) is 3.91. The molecule has 0 spiro atoms. The van der Waals surface area contributed by atoms with E-state index < -0.39 is 5.34 Å². The molecule has 9 heteroatoms. The molecule has 0 bridgehead atoms. The van der Waals surface area contributed by atoms with Gasteiger partial charge in [-0.1, -0.05) is 33.8 Å². The number of likely N-dealkylation sites (tertiary alicyclic amines) is 1. The summed E-state index contributed by atoms with van der Waals surface area (Å²) in [5.41, 5.74) is 20.5. The number of aromatic nitrogens is 2. The Balaban J connectivity index is 0.000000206. The van der Waals surface area contributed by atoms with E-state index in [1.807, 2.05) is 32.3 Å². The summed E-state index contributed by atoms with van der Waals surface area (Å²) in [6.45, 7) is 10.3. The zero-order valence-electron chi connectivity index (χ0n) is 22.9. The van der Waals surface area contributed by atoms with Gasteiger partial charge in [-0.05, 0) is 78.5 Å². The van der Waals surface area contributed by atoms with Crippen molar-refractivity contribution in [1.29, 1.82) is 0 Å². The van der Waals surface area contributed by atoms with Gasteiger partial charge in [0, 0.05) is 49.6 Å². The van der Waals surface area contributed by atoms with Gasteiger partial charge in [-0.2, -0.15) is 5.10 Å². The normalized spacial score (nSPS) is 25.3. The average Bonchev–Trinajstić information content (AvgIpc) is 3.52. The van der Waals surface area contributed by atoms with Crippen molar-refractivity contribution < 1.29 is 4.74 Å². The Morgan fingerprint density at radius 2 is 1.76 bits per heavy atom. The van der Waals surface area contributed by atoms with Gasteiger partial charge in [-0.3, -0.25) is 4.68 Å². The Labute approximate surface area is 232 Å². The smallest absolute Gasteiger partial charge is 0.0934 e. The highest BCUT2D eigenvalue weighted by atomic mass is 16.5. The molecule has 1 aromatic heterocycles. The van der Waals surface area contributed by atoms with Gasteiger partial charge in [0.25, 0.3) is 0 Å². The minimum absolute atomic E-state index is 0. The van der Waals surface area contributed by atoms with Gasteiger partial charge in [0.05, 0.1) is 33.6 Å². The lowest BCUT2D eigenvalue weighted by Gasteiger charge is -2.52. The van der Waals surface area contributed by atoms with Gasteiger partial charge in [0.2, 0.25) is 0 Å². The van der Waals surface area contributed by atoms with Gasteiger partial charge >= 0.3 is 0 Å². The van der Waals surface area contributed by atoms with Crippen LogP contribution in [-0.4, -0.2) is 62.0 Å². The molecule has 3 aliphatic rings. The van der Waals surface area contributed by atoms with Gasteiger partial charge in [-0.15, -0.1) is 0 Å². The molecule has 3 heterocycles. The predicted octanol–water partition coefficient (Wildman–Crippen LogP) is 3.35. The second kappa shape index (κ2) is 11.8. The lowest BCUT2D eigenvalue weighted by Crippen LogP contribution is -2.60. The summed E-state index contributed by atoms with van der Waals surface area (Å²) in [6.07, 6.45) is 10.4. The molecule has 204 valence electrons. The standard InChI is InChI=1S/C15H25B2NO.C13H17N5.CH4/c1-14(2)10-19-7-6-13(14)15(16,17)18-8-11-4-3-5-12(11)9-18;1-8-9(11(14)4-6-13(15)16)3-5-12-10(8)7-18(2)17-12;/h11-13H,3-10H2,1-2H3;3-7H,14-16H2,1-2H3;1H4/b;11-4-;. The first-order valence-electron chi connectivity index (χ1n) is 13.4. The van der Waals surface area contributed by atoms with Crippen LogP contribution in [-0.2, 0) is 11.8 Å². The third-order valence-corrected chi connectivity index (χ3v) is 8.64. The monoisotopic (exact) mass is 516 g/mol. The zero-order valence-corrected chi connectivity index (χ0v) is 22.9. The van der Waals surface area contributed by atoms with Crippen LogP contribution in [0.25, 0.3) is 16.6 Å². The molecule has 7 nitrogen and oxygen atoms in total. The van der Waals surface area contributed by atoms with Crippen LogP contribution in [0.5, 0.6) is 0 Å². The van der Waals surface area contributed by atoms with Crippen LogP contribution in [0.4, 0.5) is 0 Å². The zero-order chi connectivity index (χ0) is 27.0. The molecule has 3 fully saturated rings. The van der Waals surface area contributed by atoms with E-state index in [-0.39, 0.29) is 18.7 Å². The Morgan fingerprint density at radius 1 is 1.11 bits per heavy atom. The summed E-state index contributed by atoms with van der Waals surface area (Å²) in [7, 11) is 15.1. The number of nitrogens with zero attached hydrogens (tertiary/aromatic N) is 3. The van der Waals surface area contributed by atoms with E-state index in [1.54, 1.807) is 16.8 Å². The summed E-state index contributed by atoms with van der Waals surface area (Å²) in [5, 5.41) is 4.78. The maximum Gasteiger partial charge on any atom is 0.0934 e. The Hall–Kier alpha value is -2.38. The number of ether oxygens (including phenoxy) is 1. The van der Waals surface area contributed by atoms with E-state index in [0.717, 1.165) is 66.6 Å². The number of rotatable bonds is 4. The molecule has 1 aliphatic carbocycles. The summed E-state index contributed by atoms with van der Waals surface area (Å²) in [4.78, 5) is 2.37. The lowest BCUT2D eigenvalue weighted by molar-refractivity contribution is -0.0565. The molecule has 1 aromatic carbocycles. The molecule has 6 N–H and O–H groups in total. The van der Waals surface area contributed by atoms with E-state index in [1.165, 1.54) is 19.3 Å². The molecule has 2 saturated heterocycles. The molecule has 3 atom stereocenters. The van der Waals surface area contributed by atoms with Crippen molar-refractivity contribution in [2.75, 3.05) is 26.3 Å². The van der Waals surface area contributed by atoms with Gasteiger partial charge in [-0.25, -0.2) is 0 Å². The first-order chi connectivity index (χ1) is 17.4. The fraction of sp³-hybridized carbons (Fsp3) is 0.621. The SMILES string of the molecule is C.Cc1c(/C(N)=C/C=C(N)N)ccc2nn(C)cc12.[B]C([B])(C1CCOCC1(C)C)N1CC2CCCC2C1. The van der Waals surface area contributed by atoms with E-state index in [4.69, 9.17) is 37.6 Å². The fourth-order valence-corrected chi connectivity index (χ4v) is 6.60. The topological polar surface area (TPSA) is 108 Å². The summed E-state index contributed by atoms with van der Waals surface area (Å²) < 4.78 is 7.41. The highest BCUT2D eigenvalue weighted by Gasteiger charge is 2.48. The first-order valence-corrected chi connectivity index (χ1v) is 13.4. The molecule has 2 aliphatic heterocycles. The highest BCUT2D eigenvalue weighted by Crippen LogP contribution is 2.45. The Bertz CT molecular complexity index is 1160. The summed E-state index contributed by atoms with van der Waals surface area (Å²) >= 11 is 0. The Kier molecular flexibility index (Phi) is 9.36. The van der Waals surface area contributed by atoms with Crippen molar-refractivity contribution in [3.63, 3.8) is 0 Å². The molecule has 4 radical (unpaired) electrons. The van der Waals surface area contributed by atoms with E-state index in [9.17, 15) is 0 Å². The van der Waals surface area contributed by atoms with Crippen molar-refractivity contribution >= 4 is 32.3 Å². The molecular formula is C29H46B2N6O. The highest BCUT2D eigenvalue weighted by molar-refractivity contribution is 6.40. The molecule has 1 saturated carbocycles. The Morgan fingerprint density at radius 3 is 2.37 bits per heavy atom. The number of fused-ring (bicyclic) bond motifs is 2. The van der Waals surface area contributed by atoms with Crippen molar-refractivity contribution in [3.8, 4) is 0 Å². The van der Waals surface area contributed by atoms with Crippen LogP contribution in [0, 0.1) is 30.1 Å². The van der Waals surface area contributed by atoms with Crippen LogP contribution in [0.2, 0.25) is 0 Å². The van der Waals surface area contributed by atoms with Crippen LogP contribution in [0.3, 0.4) is 0 Å². The fourth-order valence-electron chi connectivity index (χ4n) is 6.60. The number of allylic oxidation sites excluding steroid dienone is 2. The van der Waals surface area contributed by atoms with Gasteiger partial charge in [0.15, 0.2) is 0 Å². The second-order valence-electron chi connectivity index (χ2n) is 11.9. The second-order valence-corrected chi connectivity index (χ2v) is 11.9. The quantitative estimate of drug-likeness (QED) is 0.425. The van der Waals surface area contributed by atoms with Crippen molar-refractivity contribution in [2.45, 2.75) is 59.2 Å². The van der Waals surface area contributed by atoms with Crippen molar-refractivity contribution in [2.24, 2.45) is 47.4 Å². The third kappa shape index (κ3) is 6.26. The molecular weight excluding hydrogens is 470 g/mol. The van der Waals surface area contributed by atoms with Gasteiger partial charge in [0.1, 0.15) is 0 Å². The van der Waals surface area contributed by atoms with Crippen LogP contribution in [0.15, 0.2) is 36.3 Å². The average molecular weight is 516 g/mol. The summed E-state index contributed by atoms with van der Waals surface area (Å²) in [5.74, 6) is 2.23. The van der Waals surface area contributed by atoms with E-state index >= 15 is 0 Å². The van der Waals surface area contributed by atoms with Crippen molar-refractivity contribution in [1.82, 2.24) is 14.7 Å². The maximum atomic E-state index is 6.62. The lowest BCUT2D eigenvalue weighted by atomic mass is 9.47. The molecule has 0 amide bonds. The number of benzene rings is 1. The predicted molar refractivity (Wildman–Crippen MR) is 160 cm³/mol. The third-order valence-electron chi connectivity index (χ3n) is 8.64. The molecule has 2 aromatic rings. The minimum Gasteiger partial charge on any atom is -0.398 e. The van der Waals surface area contributed by atoms with Crippen LogP contribution >= 0.6 is 0 Å². The van der Waals surface area contributed by atoms with Crippen LogP contribution in [0.1, 0.15) is 58.1 Å². The van der Waals surface area contributed by atoms with Crippen LogP contribution < -0.4 is 17.2 Å². The number of hydrogen-bond acceptors (Lipinski definition) is 6. The molecule has 3 unspecified atom stereocenters. The molecule has 38 heavy (non-hydrogen) atoms. The number of nitrogens with two attached hydrogens (primary N) is 3. The first kappa shape index (κ1) is 30.2. The maximum absolute atomic E-state index is 6.62. The van der Waals surface area contributed by atoms with Crippen molar-refractivity contribution in [3.05, 3.63) is 47.4 Å². The van der Waals surface area contributed by atoms with Gasteiger partial charge < -0.3 is 26.8 Å². The largest absolute Gasteiger partial charge is 0.398 e.